The highest BCUT2D eigenvalue weighted by atomic mass is 32.1. The Hall–Kier alpha value is -2.90. The maximum absolute atomic E-state index is 14.2. The van der Waals surface area contributed by atoms with E-state index in [1.54, 1.807) is 36.6 Å². The van der Waals surface area contributed by atoms with Crippen molar-refractivity contribution in [2.45, 2.75) is 19.0 Å². The first-order valence-electron chi connectivity index (χ1n) is 10.8. The zero-order chi connectivity index (χ0) is 22.5. The van der Waals surface area contributed by atoms with Gasteiger partial charge in [-0.25, -0.2) is 4.39 Å². The van der Waals surface area contributed by atoms with Crippen molar-refractivity contribution in [1.82, 2.24) is 10.2 Å². The number of nitrogens with one attached hydrogen (secondary N) is 1. The Morgan fingerprint density at radius 2 is 1.84 bits per heavy atom. The van der Waals surface area contributed by atoms with Crippen LogP contribution in [0.25, 0.3) is 0 Å². The fourth-order valence-corrected chi connectivity index (χ4v) is 5.25. The van der Waals surface area contributed by atoms with Gasteiger partial charge in [0.15, 0.2) is 0 Å². The van der Waals surface area contributed by atoms with Gasteiger partial charge in [0.2, 0.25) is 0 Å². The van der Waals surface area contributed by atoms with Gasteiger partial charge in [0.25, 0.3) is 5.91 Å². The highest BCUT2D eigenvalue weighted by Gasteiger charge is 2.31. The molecule has 2 atom stereocenters. The van der Waals surface area contributed by atoms with Gasteiger partial charge in [0.05, 0.1) is 18.8 Å². The summed E-state index contributed by atoms with van der Waals surface area (Å²) in [6.07, 6.45) is 0. The van der Waals surface area contributed by atoms with Crippen LogP contribution in [0.3, 0.4) is 0 Å². The van der Waals surface area contributed by atoms with Gasteiger partial charge in [0.1, 0.15) is 11.6 Å². The van der Waals surface area contributed by atoms with Crippen LogP contribution in [0, 0.1) is 5.82 Å². The summed E-state index contributed by atoms with van der Waals surface area (Å²) in [6.45, 7) is 5.09. The van der Waals surface area contributed by atoms with Crippen molar-refractivity contribution in [3.63, 3.8) is 0 Å². The van der Waals surface area contributed by atoms with Gasteiger partial charge in [-0.05, 0) is 48.7 Å². The molecule has 0 aliphatic carbocycles. The van der Waals surface area contributed by atoms with Crippen LogP contribution in [0.15, 0.2) is 66.0 Å². The monoisotopic (exact) mass is 453 g/mol. The minimum absolute atomic E-state index is 0.0485. The molecule has 1 N–H and O–H groups in total. The minimum atomic E-state index is -0.185. The second kappa shape index (κ2) is 10.1. The van der Waals surface area contributed by atoms with E-state index < -0.39 is 0 Å². The summed E-state index contributed by atoms with van der Waals surface area (Å²) in [5.41, 5.74) is 1.23. The highest BCUT2D eigenvalue weighted by molar-refractivity contribution is 7.10. The van der Waals surface area contributed by atoms with Crippen LogP contribution < -0.4 is 15.0 Å². The third-order valence-electron chi connectivity index (χ3n) is 5.90. The van der Waals surface area contributed by atoms with Crippen molar-refractivity contribution in [2.24, 2.45) is 0 Å². The van der Waals surface area contributed by atoms with Crippen LogP contribution in [0.4, 0.5) is 10.1 Å². The fraction of sp³-hybridized carbons (Fsp3) is 0.320. The van der Waals surface area contributed by atoms with Gasteiger partial charge in [-0.1, -0.05) is 24.3 Å². The average molecular weight is 454 g/mol. The third kappa shape index (κ3) is 4.95. The summed E-state index contributed by atoms with van der Waals surface area (Å²) < 4.78 is 19.5. The zero-order valence-electron chi connectivity index (χ0n) is 18.3. The van der Waals surface area contributed by atoms with E-state index in [1.807, 2.05) is 37.3 Å². The average Bonchev–Trinajstić information content (AvgIpc) is 3.34. The summed E-state index contributed by atoms with van der Waals surface area (Å²) in [7, 11) is 1.59. The molecule has 168 valence electrons. The van der Waals surface area contributed by atoms with Crippen LogP contribution in [0.5, 0.6) is 5.75 Å². The lowest BCUT2D eigenvalue weighted by atomic mass is 10.0. The Morgan fingerprint density at radius 1 is 1.06 bits per heavy atom. The molecular weight excluding hydrogens is 425 g/mol. The summed E-state index contributed by atoms with van der Waals surface area (Å²) >= 11 is 1.70. The number of para-hydroxylation sites is 1. The van der Waals surface area contributed by atoms with Crippen LogP contribution in [0.2, 0.25) is 0 Å². The molecule has 0 radical (unpaired) electrons. The SMILES string of the molecule is COc1cccc(C(=O)NC(C)C(c2cccs2)N2CCN(c3ccccc3F)CC2)c1. The molecule has 1 saturated heterocycles. The number of amides is 1. The number of benzene rings is 2. The van der Waals surface area contributed by atoms with Crippen molar-refractivity contribution in [3.8, 4) is 5.75 Å². The highest BCUT2D eigenvalue weighted by Crippen LogP contribution is 2.31. The number of thiophene rings is 1. The molecule has 2 unspecified atom stereocenters. The number of nitrogens with zero attached hydrogens (tertiary/aromatic N) is 2. The zero-order valence-corrected chi connectivity index (χ0v) is 19.1. The van der Waals surface area contributed by atoms with Crippen molar-refractivity contribution >= 4 is 22.9 Å². The van der Waals surface area contributed by atoms with Crippen molar-refractivity contribution in [1.29, 1.82) is 0 Å². The number of hydrogen-bond donors (Lipinski definition) is 1. The summed E-state index contributed by atoms with van der Waals surface area (Å²) in [4.78, 5) is 18.6. The predicted octanol–water partition coefficient (Wildman–Crippen LogP) is 4.58. The lowest BCUT2D eigenvalue weighted by Gasteiger charge is -2.42. The van der Waals surface area contributed by atoms with Crippen molar-refractivity contribution in [2.75, 3.05) is 38.2 Å². The number of methoxy groups -OCH3 is 1. The molecular formula is C25H28FN3O2S. The Labute approximate surface area is 192 Å². The first-order chi connectivity index (χ1) is 15.6. The van der Waals surface area contributed by atoms with Gasteiger partial charge < -0.3 is 15.0 Å². The quantitative estimate of drug-likeness (QED) is 0.569. The molecule has 1 aliphatic heterocycles. The molecule has 1 fully saturated rings. The van der Waals surface area contributed by atoms with Crippen molar-refractivity contribution in [3.05, 3.63) is 82.3 Å². The van der Waals surface area contributed by atoms with Gasteiger partial charge in [-0.2, -0.15) is 0 Å². The van der Waals surface area contributed by atoms with E-state index in [0.29, 0.717) is 17.0 Å². The smallest absolute Gasteiger partial charge is 0.251 e. The molecule has 32 heavy (non-hydrogen) atoms. The molecule has 0 spiro atoms. The molecule has 0 saturated carbocycles. The Kier molecular flexibility index (Phi) is 7.07. The molecule has 0 bridgehead atoms. The predicted molar refractivity (Wildman–Crippen MR) is 127 cm³/mol. The van der Waals surface area contributed by atoms with Gasteiger partial charge in [-0.15, -0.1) is 11.3 Å². The maximum Gasteiger partial charge on any atom is 0.251 e. The molecule has 2 aromatic carbocycles. The van der Waals surface area contributed by atoms with E-state index in [-0.39, 0.29) is 23.8 Å². The van der Waals surface area contributed by atoms with E-state index >= 15 is 0 Å². The van der Waals surface area contributed by atoms with E-state index in [0.717, 1.165) is 26.2 Å². The Bertz CT molecular complexity index is 1040. The fourth-order valence-electron chi connectivity index (χ4n) is 4.28. The molecule has 7 heteroatoms. The number of rotatable bonds is 7. The lowest BCUT2D eigenvalue weighted by Crippen LogP contribution is -2.52. The first kappa shape index (κ1) is 22.3. The second-order valence-electron chi connectivity index (χ2n) is 7.93. The number of carbonyl (C=O) groups excluding carboxylic acids is 1. The van der Waals surface area contributed by atoms with Crippen molar-refractivity contribution < 1.29 is 13.9 Å². The number of halogens is 1. The van der Waals surface area contributed by atoms with E-state index in [9.17, 15) is 9.18 Å². The number of ether oxygens (including phenoxy) is 1. The topological polar surface area (TPSA) is 44.8 Å². The standard InChI is InChI=1S/C25H28FN3O2S/c1-18(27-25(30)19-7-5-8-20(17-19)31-2)24(23-11-6-16-32-23)29-14-12-28(13-15-29)22-10-4-3-9-21(22)26/h3-11,16-18,24H,12-15H2,1-2H3,(H,27,30). The summed E-state index contributed by atoms with van der Waals surface area (Å²) in [5, 5.41) is 5.25. The minimum Gasteiger partial charge on any atom is -0.497 e. The number of piperazine rings is 1. The number of hydrogen-bond acceptors (Lipinski definition) is 5. The molecule has 1 aromatic heterocycles. The Balaban J connectivity index is 1.47. The number of anilines is 1. The first-order valence-corrected chi connectivity index (χ1v) is 11.7. The number of carbonyl (C=O) groups is 1. The van der Waals surface area contributed by atoms with Crippen LogP contribution in [-0.2, 0) is 0 Å². The van der Waals surface area contributed by atoms with Gasteiger partial charge in [-0.3, -0.25) is 9.69 Å². The third-order valence-corrected chi connectivity index (χ3v) is 6.84. The summed E-state index contributed by atoms with van der Waals surface area (Å²) in [5.74, 6) is 0.349. The normalized spacial score (nSPS) is 16.4. The van der Waals surface area contributed by atoms with Gasteiger partial charge in [0, 0.05) is 42.7 Å². The summed E-state index contributed by atoms with van der Waals surface area (Å²) in [6, 6.07) is 18.2. The van der Waals surface area contributed by atoms with E-state index in [1.165, 1.54) is 10.9 Å². The lowest BCUT2D eigenvalue weighted by molar-refractivity contribution is 0.0890. The van der Waals surface area contributed by atoms with Gasteiger partial charge >= 0.3 is 0 Å². The van der Waals surface area contributed by atoms with Crippen LogP contribution in [-0.4, -0.2) is 50.1 Å². The molecule has 3 aromatic rings. The molecule has 4 rings (SSSR count). The maximum atomic E-state index is 14.2. The molecule has 5 nitrogen and oxygen atoms in total. The van der Waals surface area contributed by atoms with E-state index in [2.05, 4.69) is 26.6 Å². The molecule has 2 heterocycles. The molecule has 1 aliphatic rings. The van der Waals surface area contributed by atoms with E-state index in [4.69, 9.17) is 4.74 Å². The molecule has 1 amide bonds. The van der Waals surface area contributed by atoms with Crippen LogP contribution >= 0.6 is 11.3 Å². The Morgan fingerprint density at radius 3 is 2.53 bits per heavy atom. The van der Waals surface area contributed by atoms with Crippen LogP contribution in [0.1, 0.15) is 28.2 Å². The largest absolute Gasteiger partial charge is 0.497 e. The second-order valence-corrected chi connectivity index (χ2v) is 8.91.